The van der Waals surface area contributed by atoms with E-state index in [1.165, 1.54) is 0 Å². The number of carbonyl (C=O) groups excluding carboxylic acids is 2. The number of amides is 1. The van der Waals surface area contributed by atoms with Gasteiger partial charge in [-0.1, -0.05) is 48.5 Å². The number of rotatable bonds is 6. The van der Waals surface area contributed by atoms with Crippen LogP contribution in [0, 0.1) is 5.92 Å². The minimum absolute atomic E-state index is 0.128. The smallest absolute Gasteiger partial charge is 0.306 e. The predicted molar refractivity (Wildman–Crippen MR) is 118 cm³/mol. The van der Waals surface area contributed by atoms with Crippen LogP contribution < -0.4 is 0 Å². The van der Waals surface area contributed by atoms with E-state index in [9.17, 15) is 9.59 Å². The van der Waals surface area contributed by atoms with Crippen molar-refractivity contribution in [1.82, 2.24) is 9.47 Å². The molecule has 5 nitrogen and oxygen atoms in total. The average Bonchev–Trinajstić information content (AvgIpc) is 3.13. The van der Waals surface area contributed by atoms with Gasteiger partial charge in [0.1, 0.15) is 6.54 Å². The van der Waals surface area contributed by atoms with Crippen LogP contribution in [0.1, 0.15) is 26.2 Å². The number of carbonyl (C=O) groups is 2. The zero-order chi connectivity index (χ0) is 20.9. The van der Waals surface area contributed by atoms with E-state index in [1.807, 2.05) is 42.2 Å². The van der Waals surface area contributed by atoms with Crippen molar-refractivity contribution in [3.63, 3.8) is 0 Å². The number of nitrogens with zero attached hydrogens (tertiary/aromatic N) is 2. The summed E-state index contributed by atoms with van der Waals surface area (Å²) in [6.45, 7) is 3.96. The number of benzene rings is 2. The molecule has 4 rings (SSSR count). The molecule has 0 spiro atoms. The van der Waals surface area contributed by atoms with Crippen LogP contribution in [0.4, 0.5) is 0 Å². The summed E-state index contributed by atoms with van der Waals surface area (Å²) in [6, 6.07) is 20.6. The molecule has 0 radical (unpaired) electrons. The summed E-state index contributed by atoms with van der Waals surface area (Å²) in [4.78, 5) is 26.8. The Bertz CT molecular complexity index is 1020. The van der Waals surface area contributed by atoms with Gasteiger partial charge in [-0.2, -0.15) is 0 Å². The zero-order valence-electron chi connectivity index (χ0n) is 17.4. The van der Waals surface area contributed by atoms with Gasteiger partial charge in [0, 0.05) is 36.1 Å². The third-order valence-corrected chi connectivity index (χ3v) is 5.90. The molecule has 156 valence electrons. The topological polar surface area (TPSA) is 51.5 Å². The fourth-order valence-electron chi connectivity index (χ4n) is 4.31. The van der Waals surface area contributed by atoms with E-state index in [4.69, 9.17) is 4.74 Å². The van der Waals surface area contributed by atoms with Gasteiger partial charge in [0.25, 0.3) is 0 Å². The maximum atomic E-state index is 13.1. The molecule has 0 atom stereocenters. The first-order valence-corrected chi connectivity index (χ1v) is 10.7. The molecular weight excluding hydrogens is 376 g/mol. The monoisotopic (exact) mass is 404 g/mol. The lowest BCUT2D eigenvalue weighted by atomic mass is 9.93. The highest BCUT2D eigenvalue weighted by molar-refractivity contribution is 5.89. The Labute approximate surface area is 177 Å². The van der Waals surface area contributed by atoms with Crippen molar-refractivity contribution in [2.75, 3.05) is 19.7 Å². The third-order valence-electron chi connectivity index (χ3n) is 5.90. The van der Waals surface area contributed by atoms with E-state index >= 15 is 0 Å². The van der Waals surface area contributed by atoms with Crippen LogP contribution in [0.25, 0.3) is 22.2 Å². The Morgan fingerprint density at radius 2 is 1.70 bits per heavy atom. The van der Waals surface area contributed by atoms with E-state index in [0.717, 1.165) is 35.0 Å². The van der Waals surface area contributed by atoms with Gasteiger partial charge in [-0.3, -0.25) is 9.59 Å². The van der Waals surface area contributed by atoms with Crippen molar-refractivity contribution >= 4 is 22.8 Å². The van der Waals surface area contributed by atoms with E-state index < -0.39 is 0 Å². The lowest BCUT2D eigenvalue weighted by Crippen LogP contribution is -2.40. The maximum absolute atomic E-state index is 13.1. The summed E-state index contributed by atoms with van der Waals surface area (Å²) in [5.41, 5.74) is 3.24. The van der Waals surface area contributed by atoms with Gasteiger partial charge < -0.3 is 14.2 Å². The molecule has 1 aliphatic rings. The van der Waals surface area contributed by atoms with Gasteiger partial charge in [-0.15, -0.1) is 0 Å². The highest BCUT2D eigenvalue weighted by atomic mass is 16.5. The van der Waals surface area contributed by atoms with Crippen LogP contribution in [0.3, 0.4) is 0 Å². The quantitative estimate of drug-likeness (QED) is 0.569. The van der Waals surface area contributed by atoms with E-state index in [1.54, 1.807) is 0 Å². The highest BCUT2D eigenvalue weighted by Crippen LogP contribution is 2.29. The lowest BCUT2D eigenvalue weighted by Gasteiger charge is -2.32. The number of hydrogen-bond acceptors (Lipinski definition) is 3. The lowest BCUT2D eigenvalue weighted by molar-refractivity contribution is -0.144. The van der Waals surface area contributed by atoms with Gasteiger partial charge in [0.2, 0.25) is 5.91 Å². The fourth-order valence-corrected chi connectivity index (χ4v) is 4.31. The molecule has 30 heavy (non-hydrogen) atoms. The molecule has 5 heteroatoms. The Kier molecular flexibility index (Phi) is 6.17. The Morgan fingerprint density at radius 1 is 1.00 bits per heavy atom. The molecule has 2 aromatic carbocycles. The Balaban J connectivity index is 1.48. The number of para-hydroxylation sites is 1. The fraction of sp³-hybridized carbons (Fsp3) is 0.360. The predicted octanol–water partition coefficient (Wildman–Crippen LogP) is 4.50. The van der Waals surface area contributed by atoms with Crippen molar-refractivity contribution < 1.29 is 14.3 Å². The molecule has 0 bridgehead atoms. The van der Waals surface area contributed by atoms with Crippen molar-refractivity contribution in [1.29, 1.82) is 0 Å². The normalized spacial score (nSPS) is 14.8. The van der Waals surface area contributed by atoms with Gasteiger partial charge in [-0.05, 0) is 43.4 Å². The van der Waals surface area contributed by atoms with Crippen molar-refractivity contribution in [3.8, 4) is 11.3 Å². The summed E-state index contributed by atoms with van der Waals surface area (Å²) in [7, 11) is 0. The molecule has 0 N–H and O–H groups in total. The standard InChI is InChI=1S/C25H28N2O3/c1-2-30-25(29)16-19-12-14-26(15-13-19)24(28)18-27-22-11-7-6-10-21(22)17-23(27)20-8-4-3-5-9-20/h3-11,17,19H,2,12-16,18H2,1H3. The van der Waals surface area contributed by atoms with Gasteiger partial charge in [0.05, 0.1) is 6.61 Å². The molecular formula is C25H28N2O3. The molecule has 1 amide bonds. The first-order chi connectivity index (χ1) is 14.7. The van der Waals surface area contributed by atoms with Crippen LogP contribution in [0.2, 0.25) is 0 Å². The van der Waals surface area contributed by atoms with E-state index in [2.05, 4.69) is 34.9 Å². The number of likely N-dealkylation sites (tertiary alicyclic amines) is 1. The van der Waals surface area contributed by atoms with Crippen molar-refractivity contribution in [2.24, 2.45) is 5.92 Å². The minimum Gasteiger partial charge on any atom is -0.466 e. The van der Waals surface area contributed by atoms with Crippen LogP contribution in [-0.2, 0) is 20.9 Å². The second-order valence-electron chi connectivity index (χ2n) is 7.87. The molecule has 1 aliphatic heterocycles. The Morgan fingerprint density at radius 3 is 2.43 bits per heavy atom. The first-order valence-electron chi connectivity index (χ1n) is 10.7. The summed E-state index contributed by atoms with van der Waals surface area (Å²) in [6.07, 6.45) is 2.15. The summed E-state index contributed by atoms with van der Waals surface area (Å²) in [5, 5.41) is 1.14. The summed E-state index contributed by atoms with van der Waals surface area (Å²) < 4.78 is 7.19. The van der Waals surface area contributed by atoms with Crippen LogP contribution in [0.5, 0.6) is 0 Å². The summed E-state index contributed by atoms with van der Waals surface area (Å²) >= 11 is 0. The second-order valence-corrected chi connectivity index (χ2v) is 7.87. The number of fused-ring (bicyclic) bond motifs is 1. The largest absolute Gasteiger partial charge is 0.466 e. The van der Waals surface area contributed by atoms with Crippen molar-refractivity contribution in [2.45, 2.75) is 32.7 Å². The average molecular weight is 405 g/mol. The molecule has 1 saturated heterocycles. The molecule has 0 saturated carbocycles. The van der Waals surface area contributed by atoms with E-state index in [-0.39, 0.29) is 11.9 Å². The number of ether oxygens (including phenoxy) is 1. The van der Waals surface area contributed by atoms with Crippen LogP contribution in [0.15, 0.2) is 60.7 Å². The van der Waals surface area contributed by atoms with Crippen molar-refractivity contribution in [3.05, 3.63) is 60.7 Å². The molecule has 0 unspecified atom stereocenters. The minimum atomic E-state index is -0.131. The maximum Gasteiger partial charge on any atom is 0.306 e. The number of aromatic nitrogens is 1. The number of esters is 1. The summed E-state index contributed by atoms with van der Waals surface area (Å²) in [5.74, 6) is 0.303. The molecule has 1 fully saturated rings. The first kappa shape index (κ1) is 20.2. The van der Waals surface area contributed by atoms with Crippen LogP contribution >= 0.6 is 0 Å². The molecule has 1 aromatic heterocycles. The van der Waals surface area contributed by atoms with Gasteiger partial charge >= 0.3 is 5.97 Å². The molecule has 0 aliphatic carbocycles. The Hall–Kier alpha value is -3.08. The number of piperidine rings is 1. The SMILES string of the molecule is CCOC(=O)CC1CCN(C(=O)Cn2c(-c3ccccc3)cc3ccccc32)CC1. The number of hydrogen-bond donors (Lipinski definition) is 0. The van der Waals surface area contributed by atoms with Gasteiger partial charge in [-0.25, -0.2) is 0 Å². The zero-order valence-corrected chi connectivity index (χ0v) is 17.4. The highest BCUT2D eigenvalue weighted by Gasteiger charge is 2.25. The molecule has 2 heterocycles. The van der Waals surface area contributed by atoms with E-state index in [0.29, 0.717) is 38.6 Å². The third kappa shape index (κ3) is 4.40. The molecule has 3 aromatic rings. The van der Waals surface area contributed by atoms with Crippen LogP contribution in [-0.4, -0.2) is 41.0 Å². The second kappa shape index (κ2) is 9.16. The van der Waals surface area contributed by atoms with Gasteiger partial charge in [0.15, 0.2) is 0 Å².